The molecule has 1 aromatic carbocycles. The first-order chi connectivity index (χ1) is 9.74. The third-order valence-corrected chi connectivity index (χ3v) is 2.93. The van der Waals surface area contributed by atoms with Crippen LogP contribution in [0.4, 0.5) is 0 Å². The highest BCUT2D eigenvalue weighted by molar-refractivity contribution is 5.84. The molecule has 0 spiro atoms. The van der Waals surface area contributed by atoms with Gasteiger partial charge < -0.3 is 14.6 Å². The van der Waals surface area contributed by atoms with Crippen molar-refractivity contribution in [1.82, 2.24) is 9.88 Å². The Bertz CT molecular complexity index is 640. The highest BCUT2D eigenvalue weighted by Crippen LogP contribution is 2.22. The highest BCUT2D eigenvalue weighted by Gasteiger charge is 2.06. The van der Waals surface area contributed by atoms with E-state index in [2.05, 4.69) is 5.32 Å². The zero-order chi connectivity index (χ0) is 14.4. The topological polar surface area (TPSA) is 67.0 Å². The SMILES string of the molecule is CCOc1ccc2c(ccn2CC(=O)NCCC#N)c1. The van der Waals surface area contributed by atoms with Crippen LogP contribution in [0.25, 0.3) is 10.9 Å². The maximum atomic E-state index is 11.7. The summed E-state index contributed by atoms with van der Waals surface area (Å²) in [5.74, 6) is 0.739. The van der Waals surface area contributed by atoms with Gasteiger partial charge >= 0.3 is 0 Å². The summed E-state index contributed by atoms with van der Waals surface area (Å²) < 4.78 is 7.33. The van der Waals surface area contributed by atoms with Crippen LogP contribution in [0, 0.1) is 11.3 Å². The number of carbonyl (C=O) groups is 1. The van der Waals surface area contributed by atoms with Gasteiger partial charge in [0.05, 0.1) is 19.1 Å². The zero-order valence-corrected chi connectivity index (χ0v) is 11.4. The molecule has 0 atom stereocenters. The first kappa shape index (κ1) is 13.9. The smallest absolute Gasteiger partial charge is 0.239 e. The van der Waals surface area contributed by atoms with E-state index in [1.165, 1.54) is 0 Å². The van der Waals surface area contributed by atoms with Crippen molar-refractivity contribution in [2.24, 2.45) is 0 Å². The van der Waals surface area contributed by atoms with E-state index >= 15 is 0 Å². The van der Waals surface area contributed by atoms with Gasteiger partial charge in [0.1, 0.15) is 12.3 Å². The van der Waals surface area contributed by atoms with Gasteiger partial charge in [0, 0.05) is 23.6 Å². The lowest BCUT2D eigenvalue weighted by Crippen LogP contribution is -2.27. The maximum absolute atomic E-state index is 11.7. The normalized spacial score (nSPS) is 10.2. The quantitative estimate of drug-likeness (QED) is 0.818. The monoisotopic (exact) mass is 271 g/mol. The Morgan fingerprint density at radius 2 is 2.30 bits per heavy atom. The van der Waals surface area contributed by atoms with Crippen LogP contribution in [0.3, 0.4) is 0 Å². The van der Waals surface area contributed by atoms with Gasteiger partial charge in [-0.1, -0.05) is 0 Å². The first-order valence-electron chi connectivity index (χ1n) is 6.60. The van der Waals surface area contributed by atoms with E-state index in [4.69, 9.17) is 10.00 Å². The van der Waals surface area contributed by atoms with Gasteiger partial charge in [0.15, 0.2) is 0 Å². The summed E-state index contributed by atoms with van der Waals surface area (Å²) in [7, 11) is 0. The predicted molar refractivity (Wildman–Crippen MR) is 76.3 cm³/mol. The molecule has 2 aromatic rings. The number of nitriles is 1. The van der Waals surface area contributed by atoms with Crippen molar-refractivity contribution in [3.63, 3.8) is 0 Å². The van der Waals surface area contributed by atoms with Gasteiger partial charge in [-0.05, 0) is 31.2 Å². The number of benzene rings is 1. The Morgan fingerprint density at radius 1 is 1.45 bits per heavy atom. The van der Waals surface area contributed by atoms with Crippen molar-refractivity contribution < 1.29 is 9.53 Å². The first-order valence-corrected chi connectivity index (χ1v) is 6.60. The van der Waals surface area contributed by atoms with E-state index < -0.39 is 0 Å². The van der Waals surface area contributed by atoms with Crippen molar-refractivity contribution in [3.8, 4) is 11.8 Å². The molecule has 5 nitrogen and oxygen atoms in total. The van der Waals surface area contributed by atoms with Crippen LogP contribution in [0.1, 0.15) is 13.3 Å². The number of aromatic nitrogens is 1. The molecule has 2 rings (SSSR count). The molecule has 1 heterocycles. The molecule has 0 aliphatic carbocycles. The Kier molecular flexibility index (Phi) is 4.61. The van der Waals surface area contributed by atoms with E-state index in [9.17, 15) is 4.79 Å². The number of nitrogens with zero attached hydrogens (tertiary/aromatic N) is 2. The van der Waals surface area contributed by atoms with E-state index in [-0.39, 0.29) is 12.5 Å². The second-order valence-electron chi connectivity index (χ2n) is 4.36. The lowest BCUT2D eigenvalue weighted by atomic mass is 10.2. The lowest BCUT2D eigenvalue weighted by molar-refractivity contribution is -0.121. The lowest BCUT2D eigenvalue weighted by Gasteiger charge is -2.07. The third kappa shape index (κ3) is 3.29. The van der Waals surface area contributed by atoms with Crippen LogP contribution in [-0.4, -0.2) is 23.6 Å². The molecule has 0 aliphatic rings. The number of hydrogen-bond donors (Lipinski definition) is 1. The van der Waals surface area contributed by atoms with Crippen LogP contribution < -0.4 is 10.1 Å². The van der Waals surface area contributed by atoms with Crippen molar-refractivity contribution >= 4 is 16.8 Å². The fourth-order valence-corrected chi connectivity index (χ4v) is 2.04. The fourth-order valence-electron chi connectivity index (χ4n) is 2.04. The summed E-state index contributed by atoms with van der Waals surface area (Å²) in [6.07, 6.45) is 2.21. The van der Waals surface area contributed by atoms with E-state index in [0.717, 1.165) is 16.7 Å². The number of hydrogen-bond acceptors (Lipinski definition) is 3. The zero-order valence-electron chi connectivity index (χ0n) is 11.4. The van der Waals surface area contributed by atoms with E-state index in [1.807, 2.05) is 48.0 Å². The molecule has 1 N–H and O–H groups in total. The summed E-state index contributed by atoms with van der Waals surface area (Å²) in [5.41, 5.74) is 0.990. The van der Waals surface area contributed by atoms with Crippen LogP contribution in [0.5, 0.6) is 5.75 Å². The van der Waals surface area contributed by atoms with Crippen molar-refractivity contribution in [2.45, 2.75) is 19.9 Å². The van der Waals surface area contributed by atoms with Gasteiger partial charge in [-0.15, -0.1) is 0 Å². The standard InChI is InChI=1S/C15H17N3O2/c1-2-20-13-4-5-14-12(10-13)6-9-18(14)11-15(19)17-8-3-7-16/h4-6,9-10H,2-3,8,11H2,1H3,(H,17,19). The van der Waals surface area contributed by atoms with E-state index in [1.54, 1.807) is 0 Å². The molecule has 0 unspecified atom stereocenters. The van der Waals surface area contributed by atoms with Crippen molar-refractivity contribution in [2.75, 3.05) is 13.2 Å². The molecule has 1 aromatic heterocycles. The Hall–Kier alpha value is -2.48. The molecule has 0 saturated heterocycles. The summed E-state index contributed by atoms with van der Waals surface area (Å²) in [5, 5.41) is 12.2. The molecule has 0 radical (unpaired) electrons. The van der Waals surface area contributed by atoms with Gasteiger partial charge in [-0.2, -0.15) is 5.26 Å². The minimum absolute atomic E-state index is 0.0911. The molecule has 20 heavy (non-hydrogen) atoms. The second kappa shape index (κ2) is 6.62. The number of rotatable bonds is 6. The minimum atomic E-state index is -0.0911. The molecule has 5 heteroatoms. The number of amides is 1. The van der Waals surface area contributed by atoms with Crippen molar-refractivity contribution in [1.29, 1.82) is 5.26 Å². The largest absolute Gasteiger partial charge is 0.494 e. The predicted octanol–water partition coefficient (Wildman–Crippen LogP) is 2.07. The van der Waals surface area contributed by atoms with Gasteiger partial charge in [-0.25, -0.2) is 0 Å². The van der Waals surface area contributed by atoms with Crippen LogP contribution in [-0.2, 0) is 11.3 Å². The van der Waals surface area contributed by atoms with Gasteiger partial charge in [0.25, 0.3) is 0 Å². The molecule has 0 aliphatic heterocycles. The third-order valence-electron chi connectivity index (χ3n) is 2.93. The molecule has 0 fully saturated rings. The second-order valence-corrected chi connectivity index (χ2v) is 4.36. The van der Waals surface area contributed by atoms with Gasteiger partial charge in [-0.3, -0.25) is 4.79 Å². The van der Waals surface area contributed by atoms with Gasteiger partial charge in [0.2, 0.25) is 5.91 Å². The Balaban J connectivity index is 2.07. The van der Waals surface area contributed by atoms with E-state index in [0.29, 0.717) is 19.6 Å². The number of ether oxygens (including phenoxy) is 1. The average molecular weight is 271 g/mol. The Labute approximate surface area is 117 Å². The number of nitrogens with one attached hydrogen (secondary N) is 1. The average Bonchev–Trinajstić information content (AvgIpc) is 2.82. The summed E-state index contributed by atoms with van der Waals surface area (Å²) in [6, 6.07) is 9.76. The van der Waals surface area contributed by atoms with Crippen LogP contribution in [0.15, 0.2) is 30.5 Å². The minimum Gasteiger partial charge on any atom is -0.494 e. The van der Waals surface area contributed by atoms with Crippen molar-refractivity contribution in [3.05, 3.63) is 30.5 Å². The summed E-state index contributed by atoms with van der Waals surface area (Å²) >= 11 is 0. The number of fused-ring (bicyclic) bond motifs is 1. The molecule has 1 amide bonds. The molecule has 0 saturated carbocycles. The molecule has 104 valence electrons. The molecular formula is C15H17N3O2. The van der Waals surface area contributed by atoms with Crippen LogP contribution in [0.2, 0.25) is 0 Å². The Morgan fingerprint density at radius 3 is 3.05 bits per heavy atom. The molecule has 0 bridgehead atoms. The molecular weight excluding hydrogens is 254 g/mol. The summed E-state index contributed by atoms with van der Waals surface area (Å²) in [4.78, 5) is 11.7. The summed E-state index contributed by atoms with van der Waals surface area (Å²) in [6.45, 7) is 3.22. The van der Waals surface area contributed by atoms with Crippen LogP contribution >= 0.6 is 0 Å². The maximum Gasteiger partial charge on any atom is 0.239 e. The number of carbonyl (C=O) groups excluding carboxylic acids is 1. The fraction of sp³-hybridized carbons (Fsp3) is 0.333. The highest BCUT2D eigenvalue weighted by atomic mass is 16.5.